The molecule has 0 atom stereocenters. The summed E-state index contributed by atoms with van der Waals surface area (Å²) in [6.45, 7) is 2.56. The molecule has 0 aromatic heterocycles. The molecule has 3 nitrogen and oxygen atoms in total. The van der Waals surface area contributed by atoms with Crippen molar-refractivity contribution in [2.45, 2.75) is 121 Å². The van der Waals surface area contributed by atoms with Crippen LogP contribution in [0.25, 0.3) is 0 Å². The Bertz CT molecular complexity index is 325. The summed E-state index contributed by atoms with van der Waals surface area (Å²) in [5.41, 5.74) is 0. The summed E-state index contributed by atoms with van der Waals surface area (Å²) in [6, 6.07) is 2.34. The minimum absolute atomic E-state index is 0.777. The van der Waals surface area contributed by atoms with Gasteiger partial charge in [-0.1, -0.05) is 57.8 Å². The van der Waals surface area contributed by atoms with Crippen LogP contribution in [-0.2, 0) is 0 Å². The molecule has 0 aliphatic heterocycles. The van der Waals surface area contributed by atoms with Crippen molar-refractivity contribution in [2.75, 3.05) is 6.17 Å². The Hall–Kier alpha value is 0.0969. The fraction of sp³-hybridized carbons (Fsp3) is 1.00. The molecule has 0 heterocycles. The van der Waals surface area contributed by atoms with Crippen LogP contribution in [0.15, 0.2) is 0 Å². The third kappa shape index (κ3) is 6.12. The average molecular weight is 352 g/mol. The van der Waals surface area contributed by atoms with E-state index in [0.717, 1.165) is 18.1 Å². The molecule has 24 heavy (non-hydrogen) atoms. The van der Waals surface area contributed by atoms with E-state index in [1.54, 1.807) is 0 Å². The van der Waals surface area contributed by atoms with Crippen molar-refractivity contribution < 1.29 is 0 Å². The second kappa shape index (κ2) is 9.70. The van der Waals surface area contributed by atoms with Gasteiger partial charge in [0.05, 0.1) is 0 Å². The first-order valence-electron chi connectivity index (χ1n) is 11.0. The lowest BCUT2D eigenvalue weighted by Crippen LogP contribution is -2.71. The largest absolute Gasteiger partial charge is 0.322 e. The standard InChI is InChI=1S/C20H41N3Si/c1-24(22-19-13-7-3-8-14-19,23-20-15-9-4-10-16-20)17-21-18-11-5-2-6-12-18/h18-23H,2-17H2,1H3. The summed E-state index contributed by atoms with van der Waals surface area (Å²) in [7, 11) is -1.62. The molecule has 0 saturated heterocycles. The van der Waals surface area contributed by atoms with Crippen molar-refractivity contribution in [3.05, 3.63) is 0 Å². The van der Waals surface area contributed by atoms with Crippen LogP contribution < -0.4 is 15.3 Å². The molecule has 3 fully saturated rings. The van der Waals surface area contributed by atoms with Crippen molar-refractivity contribution in [1.29, 1.82) is 0 Å². The lowest BCUT2D eigenvalue weighted by molar-refractivity contribution is 0.371. The molecule has 3 N–H and O–H groups in total. The molecular formula is C20H41N3Si. The zero-order chi connectivity index (χ0) is 16.7. The van der Waals surface area contributed by atoms with E-state index in [9.17, 15) is 0 Å². The van der Waals surface area contributed by atoms with Gasteiger partial charge >= 0.3 is 0 Å². The molecule has 3 aliphatic carbocycles. The average Bonchev–Trinajstić information content (AvgIpc) is 2.63. The SMILES string of the molecule is C[Si](CNC1CCCCC1)(NC1CCCCC1)NC1CCCCC1. The first kappa shape index (κ1) is 18.9. The maximum Gasteiger partial charge on any atom is 0.212 e. The van der Waals surface area contributed by atoms with Crippen LogP contribution in [0.1, 0.15) is 96.3 Å². The highest BCUT2D eigenvalue weighted by Gasteiger charge is 2.34. The topological polar surface area (TPSA) is 36.1 Å². The summed E-state index contributed by atoms with van der Waals surface area (Å²) >= 11 is 0. The van der Waals surface area contributed by atoms with Crippen LogP contribution in [0.2, 0.25) is 6.55 Å². The second-order valence-electron chi connectivity index (χ2n) is 9.01. The van der Waals surface area contributed by atoms with Gasteiger partial charge in [-0.2, -0.15) is 0 Å². The fourth-order valence-corrected chi connectivity index (χ4v) is 8.56. The van der Waals surface area contributed by atoms with Gasteiger partial charge in [0.1, 0.15) is 0 Å². The molecule has 3 saturated carbocycles. The molecule has 0 radical (unpaired) electrons. The Kier molecular flexibility index (Phi) is 7.63. The predicted octanol–water partition coefficient (Wildman–Crippen LogP) is 4.36. The molecule has 0 unspecified atom stereocenters. The smallest absolute Gasteiger partial charge is 0.212 e. The lowest BCUT2D eigenvalue weighted by Gasteiger charge is -2.40. The highest BCUT2D eigenvalue weighted by molar-refractivity contribution is 6.74. The van der Waals surface area contributed by atoms with Gasteiger partial charge in [-0.05, 0) is 45.1 Å². The quantitative estimate of drug-likeness (QED) is 0.596. The summed E-state index contributed by atoms with van der Waals surface area (Å²) in [5.74, 6) is 0. The number of hydrogen-bond donors (Lipinski definition) is 3. The molecule has 0 spiro atoms. The van der Waals surface area contributed by atoms with Crippen LogP contribution in [0.4, 0.5) is 0 Å². The minimum atomic E-state index is -1.62. The monoisotopic (exact) mass is 351 g/mol. The third-order valence-electron chi connectivity index (χ3n) is 6.61. The first-order chi connectivity index (χ1) is 11.7. The molecule has 4 heteroatoms. The van der Waals surface area contributed by atoms with E-state index in [2.05, 4.69) is 21.8 Å². The summed E-state index contributed by atoms with van der Waals surface area (Å²) in [5, 5.41) is 3.98. The molecule has 0 bridgehead atoms. The van der Waals surface area contributed by atoms with Crippen LogP contribution in [0.3, 0.4) is 0 Å². The van der Waals surface area contributed by atoms with Crippen LogP contribution in [0.5, 0.6) is 0 Å². The van der Waals surface area contributed by atoms with E-state index in [-0.39, 0.29) is 0 Å². The molecule has 3 aliphatic rings. The minimum Gasteiger partial charge on any atom is -0.322 e. The van der Waals surface area contributed by atoms with Gasteiger partial charge in [0.25, 0.3) is 0 Å². The van der Waals surface area contributed by atoms with E-state index in [0.29, 0.717) is 0 Å². The van der Waals surface area contributed by atoms with E-state index >= 15 is 0 Å². The van der Waals surface area contributed by atoms with Gasteiger partial charge in [-0.25, -0.2) is 0 Å². The Morgan fingerprint density at radius 1 is 0.583 bits per heavy atom. The van der Waals surface area contributed by atoms with E-state index < -0.39 is 8.40 Å². The molecule has 0 aromatic rings. The zero-order valence-electron chi connectivity index (χ0n) is 16.0. The van der Waals surface area contributed by atoms with Gasteiger partial charge in [0.15, 0.2) is 0 Å². The summed E-state index contributed by atoms with van der Waals surface area (Å²) in [6.07, 6.45) is 22.6. The van der Waals surface area contributed by atoms with E-state index in [1.165, 1.54) is 102 Å². The van der Waals surface area contributed by atoms with Gasteiger partial charge < -0.3 is 15.3 Å². The third-order valence-corrected chi connectivity index (χ3v) is 9.61. The Morgan fingerprint density at radius 3 is 1.38 bits per heavy atom. The van der Waals surface area contributed by atoms with Crippen molar-refractivity contribution >= 4 is 8.40 Å². The molecule has 0 amide bonds. The number of hydrogen-bond acceptors (Lipinski definition) is 3. The van der Waals surface area contributed by atoms with Gasteiger partial charge in [-0.15, -0.1) is 0 Å². The van der Waals surface area contributed by atoms with Crippen LogP contribution >= 0.6 is 0 Å². The van der Waals surface area contributed by atoms with Gasteiger partial charge in [-0.3, -0.25) is 0 Å². The Balaban J connectivity index is 1.54. The number of rotatable bonds is 7. The predicted molar refractivity (Wildman–Crippen MR) is 107 cm³/mol. The van der Waals surface area contributed by atoms with Crippen molar-refractivity contribution in [3.63, 3.8) is 0 Å². The second-order valence-corrected chi connectivity index (χ2v) is 12.6. The zero-order valence-corrected chi connectivity index (χ0v) is 17.0. The maximum atomic E-state index is 4.18. The first-order valence-corrected chi connectivity index (χ1v) is 13.7. The van der Waals surface area contributed by atoms with Crippen molar-refractivity contribution in [2.24, 2.45) is 0 Å². The van der Waals surface area contributed by atoms with Crippen molar-refractivity contribution in [1.82, 2.24) is 15.3 Å². The molecular weight excluding hydrogens is 310 g/mol. The summed E-state index contributed by atoms with van der Waals surface area (Å²) < 4.78 is 0. The van der Waals surface area contributed by atoms with Crippen molar-refractivity contribution in [3.8, 4) is 0 Å². The van der Waals surface area contributed by atoms with Gasteiger partial charge in [0.2, 0.25) is 8.40 Å². The van der Waals surface area contributed by atoms with Crippen LogP contribution in [-0.4, -0.2) is 32.7 Å². The Labute approximate surface area is 151 Å². The summed E-state index contributed by atoms with van der Waals surface area (Å²) in [4.78, 5) is 8.37. The lowest BCUT2D eigenvalue weighted by atomic mass is 9.96. The number of nitrogens with one attached hydrogen (secondary N) is 3. The molecule has 3 rings (SSSR count). The molecule has 140 valence electrons. The molecule has 0 aromatic carbocycles. The Morgan fingerprint density at radius 2 is 0.958 bits per heavy atom. The van der Waals surface area contributed by atoms with E-state index in [1.807, 2.05) is 0 Å². The normalized spacial score (nSPS) is 25.9. The van der Waals surface area contributed by atoms with Gasteiger partial charge in [0, 0.05) is 24.3 Å². The van der Waals surface area contributed by atoms with E-state index in [4.69, 9.17) is 0 Å². The van der Waals surface area contributed by atoms with Crippen LogP contribution in [0, 0.1) is 0 Å². The highest BCUT2D eigenvalue weighted by Crippen LogP contribution is 2.22. The fourth-order valence-electron chi connectivity index (χ4n) is 5.19. The highest BCUT2D eigenvalue weighted by atomic mass is 28.3. The maximum absolute atomic E-state index is 4.18.